The molecular formula is C8H14ClNO. The van der Waals surface area contributed by atoms with E-state index in [4.69, 9.17) is 11.6 Å². The summed E-state index contributed by atoms with van der Waals surface area (Å²) in [5.41, 5.74) is 0. The summed E-state index contributed by atoms with van der Waals surface area (Å²) in [5, 5.41) is 0. The molecule has 0 aliphatic carbocycles. The molecule has 1 aliphatic rings. The fourth-order valence-electron chi connectivity index (χ4n) is 1.34. The van der Waals surface area contributed by atoms with Crippen LogP contribution < -0.4 is 0 Å². The van der Waals surface area contributed by atoms with Crippen LogP contribution in [0.4, 0.5) is 0 Å². The van der Waals surface area contributed by atoms with E-state index < -0.39 is 0 Å². The second-order valence-electron chi connectivity index (χ2n) is 2.88. The van der Waals surface area contributed by atoms with Gasteiger partial charge in [-0.2, -0.15) is 0 Å². The van der Waals surface area contributed by atoms with Crippen molar-refractivity contribution in [3.8, 4) is 0 Å². The zero-order valence-corrected chi connectivity index (χ0v) is 7.44. The lowest BCUT2D eigenvalue weighted by Crippen LogP contribution is -2.27. The first-order chi connectivity index (χ1) is 5.34. The van der Waals surface area contributed by atoms with E-state index >= 15 is 0 Å². The zero-order chi connectivity index (χ0) is 8.10. The molecule has 0 aromatic heterocycles. The van der Waals surface area contributed by atoms with E-state index in [0.717, 1.165) is 19.5 Å². The average molecular weight is 176 g/mol. The summed E-state index contributed by atoms with van der Waals surface area (Å²) in [6.07, 6.45) is 3.79. The van der Waals surface area contributed by atoms with E-state index in [2.05, 4.69) is 0 Å². The quantitative estimate of drug-likeness (QED) is 0.598. The van der Waals surface area contributed by atoms with Gasteiger partial charge < -0.3 is 4.90 Å². The molecule has 64 valence electrons. The molecule has 1 fully saturated rings. The van der Waals surface area contributed by atoms with Gasteiger partial charge in [0.05, 0.1) is 0 Å². The molecule has 0 bridgehead atoms. The zero-order valence-electron chi connectivity index (χ0n) is 6.68. The van der Waals surface area contributed by atoms with Crippen molar-refractivity contribution >= 4 is 17.5 Å². The van der Waals surface area contributed by atoms with Gasteiger partial charge in [-0.25, -0.2) is 0 Å². The van der Waals surface area contributed by atoms with E-state index in [1.807, 2.05) is 4.90 Å². The van der Waals surface area contributed by atoms with Crippen LogP contribution in [0.15, 0.2) is 0 Å². The maximum atomic E-state index is 11.3. The number of carbonyl (C=O) groups excluding carboxylic acids is 1. The monoisotopic (exact) mass is 175 g/mol. The van der Waals surface area contributed by atoms with E-state index in [9.17, 15) is 4.79 Å². The molecule has 0 aromatic rings. The van der Waals surface area contributed by atoms with E-state index in [-0.39, 0.29) is 5.91 Å². The van der Waals surface area contributed by atoms with Crippen molar-refractivity contribution in [3.05, 3.63) is 0 Å². The topological polar surface area (TPSA) is 20.3 Å². The molecule has 0 unspecified atom stereocenters. The van der Waals surface area contributed by atoms with Crippen LogP contribution >= 0.6 is 11.6 Å². The molecule has 1 rings (SSSR count). The summed E-state index contributed by atoms with van der Waals surface area (Å²) in [5.74, 6) is 0.878. The lowest BCUT2D eigenvalue weighted by atomic mass is 10.3. The number of alkyl halides is 1. The van der Waals surface area contributed by atoms with Gasteiger partial charge in [-0.3, -0.25) is 4.79 Å². The Kier molecular flexibility index (Phi) is 3.70. The molecular weight excluding hydrogens is 162 g/mol. The average Bonchev–Trinajstić information content (AvgIpc) is 2.52. The van der Waals surface area contributed by atoms with Gasteiger partial charge in [-0.05, 0) is 19.3 Å². The Balaban J connectivity index is 2.17. The van der Waals surface area contributed by atoms with Crippen molar-refractivity contribution < 1.29 is 4.79 Å². The van der Waals surface area contributed by atoms with Crippen molar-refractivity contribution in [1.29, 1.82) is 0 Å². The fourth-order valence-corrected chi connectivity index (χ4v) is 1.48. The summed E-state index contributed by atoms with van der Waals surface area (Å²) >= 11 is 5.48. The third kappa shape index (κ3) is 2.70. The van der Waals surface area contributed by atoms with E-state index in [1.165, 1.54) is 12.8 Å². The van der Waals surface area contributed by atoms with Gasteiger partial charge in [-0.15, -0.1) is 11.6 Å². The minimum atomic E-state index is 0.281. The molecule has 3 heteroatoms. The third-order valence-electron chi connectivity index (χ3n) is 1.98. The molecule has 1 heterocycles. The number of hydrogen-bond acceptors (Lipinski definition) is 1. The lowest BCUT2D eigenvalue weighted by Gasteiger charge is -2.14. The SMILES string of the molecule is O=C(CCCCl)N1CCCC1. The highest BCUT2D eigenvalue weighted by Crippen LogP contribution is 2.09. The second kappa shape index (κ2) is 4.60. The Morgan fingerprint density at radius 3 is 2.55 bits per heavy atom. The first-order valence-electron chi connectivity index (χ1n) is 4.18. The highest BCUT2D eigenvalue weighted by Gasteiger charge is 2.16. The molecule has 0 N–H and O–H groups in total. The van der Waals surface area contributed by atoms with Crippen LogP contribution in [0, 0.1) is 0 Å². The van der Waals surface area contributed by atoms with Crippen molar-refractivity contribution in [2.24, 2.45) is 0 Å². The molecule has 0 atom stereocenters. The van der Waals surface area contributed by atoms with Crippen molar-refractivity contribution in [2.75, 3.05) is 19.0 Å². The van der Waals surface area contributed by atoms with Crippen LogP contribution in [0.3, 0.4) is 0 Å². The minimum Gasteiger partial charge on any atom is -0.343 e. The van der Waals surface area contributed by atoms with Gasteiger partial charge in [0.15, 0.2) is 0 Å². The number of likely N-dealkylation sites (tertiary alicyclic amines) is 1. The third-order valence-corrected chi connectivity index (χ3v) is 2.25. The van der Waals surface area contributed by atoms with Gasteiger partial charge in [-0.1, -0.05) is 0 Å². The Morgan fingerprint density at radius 1 is 1.36 bits per heavy atom. The summed E-state index contributed by atoms with van der Waals surface area (Å²) in [4.78, 5) is 13.2. The molecule has 11 heavy (non-hydrogen) atoms. The van der Waals surface area contributed by atoms with Gasteiger partial charge in [0.2, 0.25) is 5.91 Å². The smallest absolute Gasteiger partial charge is 0.222 e. The molecule has 0 radical (unpaired) electrons. The number of rotatable bonds is 3. The summed E-state index contributed by atoms with van der Waals surface area (Å²) < 4.78 is 0. The van der Waals surface area contributed by atoms with Crippen LogP contribution in [0.2, 0.25) is 0 Å². The standard InChI is InChI=1S/C8H14ClNO/c9-5-3-4-8(11)10-6-1-2-7-10/h1-7H2. The minimum absolute atomic E-state index is 0.281. The first-order valence-corrected chi connectivity index (χ1v) is 4.72. The van der Waals surface area contributed by atoms with Crippen molar-refractivity contribution in [3.63, 3.8) is 0 Å². The van der Waals surface area contributed by atoms with E-state index in [0.29, 0.717) is 12.3 Å². The van der Waals surface area contributed by atoms with Crippen LogP contribution in [0.5, 0.6) is 0 Å². The molecule has 1 saturated heterocycles. The second-order valence-corrected chi connectivity index (χ2v) is 3.26. The summed E-state index contributed by atoms with van der Waals surface area (Å²) in [6.45, 7) is 1.92. The Bertz CT molecular complexity index is 132. The maximum Gasteiger partial charge on any atom is 0.222 e. The molecule has 1 amide bonds. The van der Waals surface area contributed by atoms with Crippen LogP contribution in [-0.4, -0.2) is 29.8 Å². The lowest BCUT2D eigenvalue weighted by molar-refractivity contribution is -0.130. The first kappa shape index (κ1) is 8.85. The highest BCUT2D eigenvalue weighted by molar-refractivity contribution is 6.17. The maximum absolute atomic E-state index is 11.3. The molecule has 0 aromatic carbocycles. The van der Waals surface area contributed by atoms with E-state index in [1.54, 1.807) is 0 Å². The number of carbonyl (C=O) groups is 1. The number of halogens is 1. The fraction of sp³-hybridized carbons (Fsp3) is 0.875. The predicted molar refractivity (Wildman–Crippen MR) is 45.8 cm³/mol. The van der Waals surface area contributed by atoms with Crippen LogP contribution in [-0.2, 0) is 4.79 Å². The molecule has 0 saturated carbocycles. The Morgan fingerprint density at radius 2 is 2.00 bits per heavy atom. The van der Waals surface area contributed by atoms with Crippen LogP contribution in [0.1, 0.15) is 25.7 Å². The molecule has 2 nitrogen and oxygen atoms in total. The number of nitrogens with zero attached hydrogens (tertiary/aromatic N) is 1. The highest BCUT2D eigenvalue weighted by atomic mass is 35.5. The Labute approximate surface area is 72.5 Å². The summed E-state index contributed by atoms with van der Waals surface area (Å²) in [7, 11) is 0. The Hall–Kier alpha value is -0.240. The number of amides is 1. The molecule has 0 spiro atoms. The van der Waals surface area contributed by atoms with Gasteiger partial charge in [0, 0.05) is 25.4 Å². The summed E-state index contributed by atoms with van der Waals surface area (Å²) in [6, 6.07) is 0. The normalized spacial score (nSPS) is 17.4. The van der Waals surface area contributed by atoms with Crippen molar-refractivity contribution in [1.82, 2.24) is 4.90 Å². The van der Waals surface area contributed by atoms with Gasteiger partial charge in [0.25, 0.3) is 0 Å². The molecule has 1 aliphatic heterocycles. The van der Waals surface area contributed by atoms with Gasteiger partial charge >= 0.3 is 0 Å². The van der Waals surface area contributed by atoms with Crippen molar-refractivity contribution in [2.45, 2.75) is 25.7 Å². The number of hydrogen-bond donors (Lipinski definition) is 0. The van der Waals surface area contributed by atoms with Crippen LogP contribution in [0.25, 0.3) is 0 Å². The van der Waals surface area contributed by atoms with Gasteiger partial charge in [0.1, 0.15) is 0 Å². The largest absolute Gasteiger partial charge is 0.343 e. The predicted octanol–water partition coefficient (Wildman–Crippen LogP) is 1.63.